The van der Waals surface area contributed by atoms with Crippen molar-refractivity contribution < 1.29 is 9.59 Å². The molecule has 0 fully saturated rings. The number of rotatable bonds is 0. The van der Waals surface area contributed by atoms with Gasteiger partial charge in [0.1, 0.15) is 5.69 Å². The minimum Gasteiger partial charge on any atom is -0.285 e. The molecule has 1 aromatic heterocycles. The molecule has 0 aliphatic heterocycles. The van der Waals surface area contributed by atoms with Gasteiger partial charge in [-0.1, -0.05) is 24.3 Å². The first-order valence-corrected chi connectivity index (χ1v) is 4.93. The molecule has 1 aliphatic carbocycles. The summed E-state index contributed by atoms with van der Waals surface area (Å²) in [6.07, 6.45) is 0. The lowest BCUT2D eigenvalue weighted by atomic mass is 9.87. The number of benzene rings is 1. The van der Waals surface area contributed by atoms with E-state index in [4.69, 9.17) is 0 Å². The summed E-state index contributed by atoms with van der Waals surface area (Å²) in [6.45, 7) is 1.74. The van der Waals surface area contributed by atoms with Crippen molar-refractivity contribution in [2.24, 2.45) is 0 Å². The summed E-state index contributed by atoms with van der Waals surface area (Å²) in [7, 11) is 0. The van der Waals surface area contributed by atoms with Gasteiger partial charge in [-0.05, 0) is 6.92 Å². The number of aromatic amines is 1. The summed E-state index contributed by atoms with van der Waals surface area (Å²) in [5, 5.41) is 6.83. The zero-order valence-corrected chi connectivity index (χ0v) is 8.57. The number of hydrogen-bond acceptors (Lipinski definition) is 3. The fraction of sp³-hybridized carbons (Fsp3) is 0.0833. The molecule has 0 bridgehead atoms. The van der Waals surface area contributed by atoms with Crippen molar-refractivity contribution in [3.8, 4) is 11.3 Å². The van der Waals surface area contributed by atoms with Crippen molar-refractivity contribution in [2.45, 2.75) is 6.92 Å². The first-order valence-electron chi connectivity index (χ1n) is 4.93. The normalized spacial score (nSPS) is 13.6. The second-order valence-corrected chi connectivity index (χ2v) is 3.78. The van der Waals surface area contributed by atoms with Crippen LogP contribution in [0.15, 0.2) is 24.3 Å². The smallest absolute Gasteiger partial charge is 0.237 e. The van der Waals surface area contributed by atoms with Crippen molar-refractivity contribution >= 4 is 11.6 Å². The van der Waals surface area contributed by atoms with Crippen LogP contribution in [0.4, 0.5) is 0 Å². The highest BCUT2D eigenvalue weighted by molar-refractivity contribution is 6.53. The molecule has 1 N–H and O–H groups in total. The number of carbonyl (C=O) groups excluding carboxylic acids is 2. The van der Waals surface area contributed by atoms with Gasteiger partial charge in [0.05, 0.1) is 5.56 Å². The van der Waals surface area contributed by atoms with Crippen LogP contribution in [0.2, 0.25) is 0 Å². The molecule has 4 nitrogen and oxygen atoms in total. The molecule has 0 radical (unpaired) electrons. The van der Waals surface area contributed by atoms with E-state index in [-0.39, 0.29) is 0 Å². The van der Waals surface area contributed by atoms with E-state index in [1.54, 1.807) is 25.1 Å². The zero-order valence-electron chi connectivity index (χ0n) is 8.57. The van der Waals surface area contributed by atoms with Crippen molar-refractivity contribution in [1.29, 1.82) is 0 Å². The Morgan fingerprint density at radius 3 is 2.50 bits per heavy atom. The number of nitrogens with one attached hydrogen (secondary N) is 1. The van der Waals surface area contributed by atoms with Crippen LogP contribution in [0, 0.1) is 6.92 Å². The lowest BCUT2D eigenvalue weighted by molar-refractivity contribution is 0.0815. The Labute approximate surface area is 91.3 Å². The van der Waals surface area contributed by atoms with Crippen molar-refractivity contribution in [2.75, 3.05) is 0 Å². The third-order valence-electron chi connectivity index (χ3n) is 2.81. The molecule has 1 aromatic carbocycles. The van der Waals surface area contributed by atoms with Crippen LogP contribution in [-0.2, 0) is 0 Å². The summed E-state index contributed by atoms with van der Waals surface area (Å²) in [6, 6.07) is 7.03. The average molecular weight is 212 g/mol. The minimum atomic E-state index is -0.472. The van der Waals surface area contributed by atoms with Gasteiger partial charge in [0, 0.05) is 16.8 Å². The molecule has 0 saturated carbocycles. The third-order valence-corrected chi connectivity index (χ3v) is 2.81. The molecule has 4 heteroatoms. The number of nitrogens with zero attached hydrogens (tertiary/aromatic N) is 1. The maximum atomic E-state index is 11.9. The molecular formula is C12H8N2O2. The molecule has 0 saturated heterocycles. The Hall–Kier alpha value is -2.23. The highest BCUT2D eigenvalue weighted by Crippen LogP contribution is 2.32. The maximum Gasteiger partial charge on any atom is 0.237 e. The second kappa shape index (κ2) is 2.88. The zero-order chi connectivity index (χ0) is 11.3. The Kier molecular flexibility index (Phi) is 1.63. The van der Waals surface area contributed by atoms with Crippen LogP contribution in [0.1, 0.15) is 26.4 Å². The molecule has 0 unspecified atom stereocenters. The van der Waals surface area contributed by atoms with Crippen LogP contribution in [0.5, 0.6) is 0 Å². The summed E-state index contributed by atoms with van der Waals surface area (Å²) < 4.78 is 0. The Bertz CT molecular complexity index is 626. The number of ketones is 2. The quantitative estimate of drug-likeness (QED) is 0.677. The van der Waals surface area contributed by atoms with Gasteiger partial charge in [-0.2, -0.15) is 5.10 Å². The third kappa shape index (κ3) is 0.957. The highest BCUT2D eigenvalue weighted by Gasteiger charge is 2.33. The number of Topliss-reactive ketones (excluding diaryl/α,β-unsaturated/α-hetero) is 2. The largest absolute Gasteiger partial charge is 0.285 e. The Balaban J connectivity index is 2.43. The molecule has 0 spiro atoms. The van der Waals surface area contributed by atoms with Crippen molar-refractivity contribution in [3.63, 3.8) is 0 Å². The van der Waals surface area contributed by atoms with Crippen LogP contribution >= 0.6 is 0 Å². The number of carbonyl (C=O) groups is 2. The maximum absolute atomic E-state index is 11.9. The summed E-state index contributed by atoms with van der Waals surface area (Å²) in [4.78, 5) is 23.7. The fourth-order valence-electron chi connectivity index (χ4n) is 2.03. The lowest BCUT2D eigenvalue weighted by Gasteiger charge is -2.12. The van der Waals surface area contributed by atoms with E-state index in [0.717, 1.165) is 5.56 Å². The summed E-state index contributed by atoms with van der Waals surface area (Å²) in [5.74, 6) is -0.924. The molecule has 78 valence electrons. The molecule has 16 heavy (non-hydrogen) atoms. The van der Waals surface area contributed by atoms with Crippen molar-refractivity contribution in [3.05, 3.63) is 41.1 Å². The van der Waals surface area contributed by atoms with Crippen LogP contribution < -0.4 is 0 Å². The summed E-state index contributed by atoms with van der Waals surface area (Å²) >= 11 is 0. The van der Waals surface area contributed by atoms with E-state index in [9.17, 15) is 9.59 Å². The predicted molar refractivity (Wildman–Crippen MR) is 57.4 cm³/mol. The molecular weight excluding hydrogens is 204 g/mol. The van der Waals surface area contributed by atoms with Gasteiger partial charge in [0.25, 0.3) is 0 Å². The van der Waals surface area contributed by atoms with E-state index in [2.05, 4.69) is 10.2 Å². The monoisotopic (exact) mass is 212 g/mol. The van der Waals surface area contributed by atoms with E-state index in [1.165, 1.54) is 0 Å². The minimum absolute atomic E-state index is 0.406. The topological polar surface area (TPSA) is 62.8 Å². The first kappa shape index (κ1) is 9.03. The highest BCUT2D eigenvalue weighted by atomic mass is 16.2. The molecule has 1 heterocycles. The van der Waals surface area contributed by atoms with E-state index in [0.29, 0.717) is 22.5 Å². The lowest BCUT2D eigenvalue weighted by Crippen LogP contribution is -2.21. The van der Waals surface area contributed by atoms with Crippen LogP contribution in [-0.4, -0.2) is 21.8 Å². The van der Waals surface area contributed by atoms with E-state index < -0.39 is 11.6 Å². The van der Waals surface area contributed by atoms with Crippen molar-refractivity contribution in [1.82, 2.24) is 10.2 Å². The predicted octanol–water partition coefficient (Wildman–Crippen LogP) is 1.76. The van der Waals surface area contributed by atoms with Gasteiger partial charge in [-0.25, -0.2) is 0 Å². The number of hydrogen-bond donors (Lipinski definition) is 1. The van der Waals surface area contributed by atoms with Gasteiger partial charge in [0.2, 0.25) is 11.6 Å². The first-order chi connectivity index (χ1) is 7.70. The Morgan fingerprint density at radius 2 is 1.75 bits per heavy atom. The fourth-order valence-corrected chi connectivity index (χ4v) is 2.03. The molecule has 0 atom stereocenters. The molecule has 0 amide bonds. The van der Waals surface area contributed by atoms with E-state index in [1.807, 2.05) is 6.07 Å². The van der Waals surface area contributed by atoms with Gasteiger partial charge >= 0.3 is 0 Å². The van der Waals surface area contributed by atoms with Crippen LogP contribution in [0.3, 0.4) is 0 Å². The molecule has 3 rings (SSSR count). The number of fused-ring (bicyclic) bond motifs is 3. The average Bonchev–Trinajstić information content (AvgIpc) is 2.69. The van der Waals surface area contributed by atoms with Gasteiger partial charge in [-0.15, -0.1) is 0 Å². The van der Waals surface area contributed by atoms with Gasteiger partial charge < -0.3 is 0 Å². The number of aromatic nitrogens is 2. The molecule has 2 aromatic rings. The second-order valence-electron chi connectivity index (χ2n) is 3.78. The van der Waals surface area contributed by atoms with Gasteiger partial charge in [-0.3, -0.25) is 14.7 Å². The van der Waals surface area contributed by atoms with Crippen LogP contribution in [0.25, 0.3) is 11.3 Å². The van der Waals surface area contributed by atoms with Gasteiger partial charge in [0.15, 0.2) is 0 Å². The number of aryl methyl sites for hydroxylation is 1. The number of H-pyrrole nitrogens is 1. The summed E-state index contributed by atoms with van der Waals surface area (Å²) in [5.41, 5.74) is 2.79. The standard InChI is InChI=1S/C12H8N2O2/c1-6-9-10(14-13-6)7-4-2-3-5-8(7)11(15)12(9)16/h2-5H,1H3,(H,13,14). The SMILES string of the molecule is Cc1[nH]nc2c1C(=O)C(=O)c1ccccc1-2. The van der Waals surface area contributed by atoms with E-state index >= 15 is 0 Å². The molecule has 1 aliphatic rings. The Morgan fingerprint density at radius 1 is 1.06 bits per heavy atom.